The van der Waals surface area contributed by atoms with Crippen LogP contribution < -0.4 is 5.73 Å². The maximum Gasteiger partial charge on any atom is 0.311 e. The number of sulfonamides is 1. The lowest BCUT2D eigenvalue weighted by Crippen LogP contribution is -2.44. The molecule has 0 spiro atoms. The molecule has 1 aromatic rings. The average Bonchev–Trinajstić information content (AvgIpc) is 2.87. The Morgan fingerprint density at radius 2 is 2.08 bits per heavy atom. The molecule has 0 bridgehead atoms. The number of piperidine rings is 1. The second-order valence-corrected chi connectivity index (χ2v) is 7.73. The molecule has 2 atom stereocenters. The van der Waals surface area contributed by atoms with Gasteiger partial charge in [-0.15, -0.1) is 4.40 Å². The number of carbonyl (C=O) groups excluding carboxylic acids is 2. The zero-order valence-corrected chi connectivity index (χ0v) is 14.5. The number of nitrogens with two attached hydrogens (primary N) is 1. The molecule has 2 heterocycles. The fourth-order valence-electron chi connectivity index (χ4n) is 3.01. The summed E-state index contributed by atoms with van der Waals surface area (Å²) < 4.78 is 33.3. The third-order valence-electron chi connectivity index (χ3n) is 4.36. The number of amides is 1. The minimum atomic E-state index is -3.70. The molecule has 2 N–H and O–H groups in total. The van der Waals surface area contributed by atoms with Gasteiger partial charge in [0.2, 0.25) is 0 Å². The minimum absolute atomic E-state index is 0.178. The van der Waals surface area contributed by atoms with Crippen molar-refractivity contribution in [2.75, 3.05) is 13.1 Å². The molecule has 0 saturated carbocycles. The van der Waals surface area contributed by atoms with E-state index < -0.39 is 33.9 Å². The van der Waals surface area contributed by atoms with Gasteiger partial charge in [0.15, 0.2) is 11.9 Å². The van der Waals surface area contributed by atoms with E-state index in [2.05, 4.69) is 4.40 Å². The highest BCUT2D eigenvalue weighted by molar-refractivity contribution is 7.90. The van der Waals surface area contributed by atoms with E-state index in [9.17, 15) is 18.0 Å². The maximum atomic E-state index is 12.2. The van der Waals surface area contributed by atoms with Crippen LogP contribution in [0.25, 0.3) is 0 Å². The molecular formula is C16H19N3O5S. The summed E-state index contributed by atoms with van der Waals surface area (Å²) in [4.78, 5) is 25.2. The summed E-state index contributed by atoms with van der Waals surface area (Å²) >= 11 is 0. The number of primary amides is 1. The first-order chi connectivity index (χ1) is 11.8. The first-order valence-electron chi connectivity index (χ1n) is 7.98. The molecule has 1 aromatic carbocycles. The third kappa shape index (κ3) is 3.37. The zero-order valence-electron chi connectivity index (χ0n) is 13.7. The third-order valence-corrected chi connectivity index (χ3v) is 5.69. The maximum absolute atomic E-state index is 12.2. The summed E-state index contributed by atoms with van der Waals surface area (Å²) in [6.45, 7) is 2.30. The molecular weight excluding hydrogens is 346 g/mol. The first kappa shape index (κ1) is 17.4. The summed E-state index contributed by atoms with van der Waals surface area (Å²) in [6, 6.07) is 6.62. The van der Waals surface area contributed by atoms with Crippen molar-refractivity contribution in [1.82, 2.24) is 4.90 Å². The molecule has 1 fully saturated rings. The number of fused-ring (bicyclic) bond motifs is 1. The Kier molecular flexibility index (Phi) is 4.51. The van der Waals surface area contributed by atoms with E-state index >= 15 is 0 Å². The number of amidine groups is 1. The van der Waals surface area contributed by atoms with Gasteiger partial charge in [-0.3, -0.25) is 9.59 Å². The Morgan fingerprint density at radius 3 is 2.80 bits per heavy atom. The molecule has 1 saturated heterocycles. The van der Waals surface area contributed by atoms with Crippen molar-refractivity contribution in [2.24, 2.45) is 16.0 Å². The van der Waals surface area contributed by atoms with E-state index in [1.54, 1.807) is 23.1 Å². The summed E-state index contributed by atoms with van der Waals surface area (Å²) in [7, 11) is -3.70. The Labute approximate surface area is 145 Å². The monoisotopic (exact) mass is 365 g/mol. The number of likely N-dealkylation sites (tertiary alicyclic amines) is 1. The second-order valence-electron chi connectivity index (χ2n) is 6.15. The van der Waals surface area contributed by atoms with Gasteiger partial charge >= 0.3 is 5.97 Å². The van der Waals surface area contributed by atoms with Crippen LogP contribution in [0.1, 0.15) is 25.3 Å². The van der Waals surface area contributed by atoms with E-state index in [-0.39, 0.29) is 11.4 Å². The highest BCUT2D eigenvalue weighted by Crippen LogP contribution is 2.30. The number of carbonyl (C=O) groups is 2. The molecule has 8 nitrogen and oxygen atoms in total. The predicted octanol–water partition coefficient (Wildman–Crippen LogP) is 0.265. The summed E-state index contributed by atoms with van der Waals surface area (Å²) in [5.41, 5.74) is 5.65. The number of rotatable bonds is 3. The van der Waals surface area contributed by atoms with Crippen LogP contribution in [0, 0.1) is 5.92 Å². The van der Waals surface area contributed by atoms with Crippen LogP contribution in [0.2, 0.25) is 0 Å². The summed E-state index contributed by atoms with van der Waals surface area (Å²) in [6.07, 6.45) is 0.293. The van der Waals surface area contributed by atoms with Gasteiger partial charge in [0.05, 0.1) is 5.92 Å². The Morgan fingerprint density at radius 1 is 1.36 bits per heavy atom. The summed E-state index contributed by atoms with van der Waals surface area (Å²) in [5, 5.41) is 0. The van der Waals surface area contributed by atoms with Gasteiger partial charge in [-0.25, -0.2) is 0 Å². The second kappa shape index (κ2) is 6.47. The Bertz CT molecular complexity index is 849. The van der Waals surface area contributed by atoms with Crippen LogP contribution in [0.5, 0.6) is 0 Å². The highest BCUT2D eigenvalue weighted by atomic mass is 32.2. The molecule has 0 unspecified atom stereocenters. The number of benzene rings is 1. The molecule has 3 rings (SSSR count). The van der Waals surface area contributed by atoms with Crippen molar-refractivity contribution in [2.45, 2.75) is 30.8 Å². The van der Waals surface area contributed by atoms with E-state index in [1.807, 2.05) is 0 Å². The van der Waals surface area contributed by atoms with Crippen molar-refractivity contribution in [3.63, 3.8) is 0 Å². The highest BCUT2D eigenvalue weighted by Gasteiger charge is 2.36. The van der Waals surface area contributed by atoms with Crippen LogP contribution in [0.4, 0.5) is 0 Å². The standard InChI is InChI=1S/C16H19N3O5S/c1-10(14(17)20)24-16(21)11-5-4-8-19(9-11)15-12-6-2-3-7-13(12)25(22,23)18-15/h2-3,6-7,10-11H,4-5,8-9H2,1H3,(H2,17,20)/t10-,11+/m1/s1. The van der Waals surface area contributed by atoms with Crippen molar-refractivity contribution in [3.8, 4) is 0 Å². The van der Waals surface area contributed by atoms with Gasteiger partial charge in [0.25, 0.3) is 15.9 Å². The lowest BCUT2D eigenvalue weighted by molar-refractivity contribution is -0.159. The quantitative estimate of drug-likeness (QED) is 0.768. The van der Waals surface area contributed by atoms with Crippen LogP contribution in [-0.4, -0.2) is 50.2 Å². The predicted molar refractivity (Wildman–Crippen MR) is 89.2 cm³/mol. The molecule has 134 valence electrons. The normalized spacial score (nSPS) is 22.7. The van der Waals surface area contributed by atoms with Crippen LogP contribution in [0.15, 0.2) is 33.6 Å². The fraction of sp³-hybridized carbons (Fsp3) is 0.438. The lowest BCUT2D eigenvalue weighted by atomic mass is 9.97. The number of esters is 1. The smallest absolute Gasteiger partial charge is 0.311 e. The van der Waals surface area contributed by atoms with Crippen LogP contribution >= 0.6 is 0 Å². The van der Waals surface area contributed by atoms with Crippen molar-refractivity contribution < 1.29 is 22.7 Å². The largest absolute Gasteiger partial charge is 0.452 e. The van der Waals surface area contributed by atoms with Crippen molar-refractivity contribution in [3.05, 3.63) is 29.8 Å². The van der Waals surface area contributed by atoms with Gasteiger partial charge < -0.3 is 15.4 Å². The number of hydrogen-bond acceptors (Lipinski definition) is 6. The average molecular weight is 365 g/mol. The van der Waals surface area contributed by atoms with E-state index in [1.165, 1.54) is 13.0 Å². The van der Waals surface area contributed by atoms with Crippen LogP contribution in [-0.2, 0) is 24.3 Å². The van der Waals surface area contributed by atoms with Crippen LogP contribution in [0.3, 0.4) is 0 Å². The molecule has 2 aliphatic heterocycles. The summed E-state index contributed by atoms with van der Waals surface area (Å²) in [5.74, 6) is -1.32. The molecule has 25 heavy (non-hydrogen) atoms. The van der Waals surface area contributed by atoms with Gasteiger partial charge in [0, 0.05) is 18.7 Å². The van der Waals surface area contributed by atoms with Gasteiger partial charge in [-0.2, -0.15) is 8.42 Å². The van der Waals surface area contributed by atoms with Gasteiger partial charge in [0.1, 0.15) is 4.90 Å². The van der Waals surface area contributed by atoms with E-state index in [4.69, 9.17) is 10.5 Å². The number of hydrogen-bond donors (Lipinski definition) is 1. The van der Waals surface area contributed by atoms with E-state index in [0.717, 1.165) is 0 Å². The Hall–Kier alpha value is -2.42. The number of nitrogens with zero attached hydrogens (tertiary/aromatic N) is 2. The fourth-order valence-corrected chi connectivity index (χ4v) is 4.23. The molecule has 0 radical (unpaired) electrons. The topological polar surface area (TPSA) is 119 Å². The molecule has 0 aliphatic carbocycles. The van der Waals surface area contributed by atoms with Gasteiger partial charge in [-0.05, 0) is 31.9 Å². The van der Waals surface area contributed by atoms with Crippen molar-refractivity contribution >= 4 is 27.7 Å². The molecule has 2 aliphatic rings. The molecule has 9 heteroatoms. The van der Waals surface area contributed by atoms with Gasteiger partial charge in [-0.1, -0.05) is 12.1 Å². The lowest BCUT2D eigenvalue weighted by Gasteiger charge is -2.33. The number of ether oxygens (including phenoxy) is 1. The Balaban J connectivity index is 1.79. The minimum Gasteiger partial charge on any atom is -0.452 e. The van der Waals surface area contributed by atoms with Crippen molar-refractivity contribution in [1.29, 1.82) is 0 Å². The zero-order chi connectivity index (χ0) is 18.2. The molecule has 0 aromatic heterocycles. The SMILES string of the molecule is C[C@@H](OC(=O)[C@H]1CCCN(C2=NS(=O)(=O)c3ccccc32)C1)C(N)=O. The van der Waals surface area contributed by atoms with E-state index in [0.29, 0.717) is 30.8 Å². The first-order valence-corrected chi connectivity index (χ1v) is 9.43. The molecule has 1 amide bonds.